The van der Waals surface area contributed by atoms with Gasteiger partial charge in [-0.3, -0.25) is 0 Å². The van der Waals surface area contributed by atoms with Crippen molar-refractivity contribution in [3.05, 3.63) is 42.5 Å². The summed E-state index contributed by atoms with van der Waals surface area (Å²) in [6.45, 7) is 2.74. The van der Waals surface area contributed by atoms with Crippen LogP contribution in [0.1, 0.15) is 12.0 Å². The number of hydrogen-bond donors (Lipinski definition) is 1. The number of ether oxygens (including phenoxy) is 1. The number of aliphatic hydroxyl groups is 1. The molecule has 120 valence electrons. The molecule has 23 heavy (non-hydrogen) atoms. The fraction of sp³-hybridized carbons (Fsp3) is 0.353. The molecule has 1 N–H and O–H groups in total. The lowest BCUT2D eigenvalue weighted by Crippen LogP contribution is -2.18. The maximum absolute atomic E-state index is 9.21. The first-order valence-electron chi connectivity index (χ1n) is 7.59. The lowest BCUT2D eigenvalue weighted by molar-refractivity contribution is 0.0405. The third-order valence-electron chi connectivity index (χ3n) is 3.96. The highest BCUT2D eigenvalue weighted by atomic mass is 16.5. The third-order valence-corrected chi connectivity index (χ3v) is 3.96. The Morgan fingerprint density at radius 2 is 1.96 bits per heavy atom. The van der Waals surface area contributed by atoms with Crippen LogP contribution < -0.4 is 0 Å². The molecule has 6 nitrogen and oxygen atoms in total. The fourth-order valence-corrected chi connectivity index (χ4v) is 2.53. The van der Waals surface area contributed by atoms with Gasteiger partial charge >= 0.3 is 0 Å². The smallest absolute Gasteiger partial charge is 0.163 e. The average Bonchev–Trinajstić information content (AvgIpc) is 3.00. The second-order valence-corrected chi connectivity index (χ2v) is 5.53. The van der Waals surface area contributed by atoms with Crippen molar-refractivity contribution in [1.29, 1.82) is 0 Å². The molecule has 0 spiro atoms. The van der Waals surface area contributed by atoms with Gasteiger partial charge in [0.1, 0.15) is 17.5 Å². The molecule has 1 atom stereocenters. The largest absolute Gasteiger partial charge is 0.394 e. The highest BCUT2D eigenvalue weighted by Gasteiger charge is 2.13. The van der Waals surface area contributed by atoms with Crippen LogP contribution in [0, 0.1) is 6.92 Å². The molecule has 3 aromatic rings. The predicted molar refractivity (Wildman–Crippen MR) is 88.0 cm³/mol. The summed E-state index contributed by atoms with van der Waals surface area (Å²) in [6.07, 6.45) is 3.85. The van der Waals surface area contributed by atoms with E-state index in [1.165, 1.54) is 5.56 Å². The Kier molecular flexibility index (Phi) is 4.64. The monoisotopic (exact) mass is 312 g/mol. The van der Waals surface area contributed by atoms with E-state index >= 15 is 0 Å². The first-order chi connectivity index (χ1) is 11.2. The number of benzene rings is 1. The molecule has 0 fully saturated rings. The summed E-state index contributed by atoms with van der Waals surface area (Å²) in [7, 11) is 1.60. The summed E-state index contributed by atoms with van der Waals surface area (Å²) in [4.78, 5) is 13.2. The summed E-state index contributed by atoms with van der Waals surface area (Å²) >= 11 is 0. The lowest BCUT2D eigenvalue weighted by Gasteiger charge is -2.12. The molecule has 0 saturated heterocycles. The molecule has 3 rings (SSSR count). The molecule has 2 heterocycles. The fourth-order valence-electron chi connectivity index (χ4n) is 2.53. The first kappa shape index (κ1) is 15.6. The highest BCUT2D eigenvalue weighted by molar-refractivity contribution is 5.87. The summed E-state index contributed by atoms with van der Waals surface area (Å²) in [6, 6.07) is 8.21. The van der Waals surface area contributed by atoms with Crippen LogP contribution in [0.15, 0.2) is 36.9 Å². The molecule has 2 aromatic heterocycles. The highest BCUT2D eigenvalue weighted by Crippen LogP contribution is 2.24. The van der Waals surface area contributed by atoms with Gasteiger partial charge in [0.2, 0.25) is 0 Å². The zero-order chi connectivity index (χ0) is 16.2. The Bertz CT molecular complexity index is 779. The van der Waals surface area contributed by atoms with Crippen LogP contribution in [-0.2, 0) is 11.3 Å². The van der Waals surface area contributed by atoms with Crippen molar-refractivity contribution < 1.29 is 9.84 Å². The molecule has 0 aliphatic heterocycles. The molecule has 1 aromatic carbocycles. The molecular weight excluding hydrogens is 292 g/mol. The SMILES string of the molecule is COC(CO)CCn1cnc2c(-c3ccc(C)cc3)ncnc21. The molecule has 0 amide bonds. The average molecular weight is 312 g/mol. The van der Waals surface area contributed by atoms with Gasteiger partial charge < -0.3 is 14.4 Å². The summed E-state index contributed by atoms with van der Waals surface area (Å²) in [5, 5.41) is 9.21. The first-order valence-corrected chi connectivity index (χ1v) is 7.59. The van der Waals surface area contributed by atoms with E-state index in [4.69, 9.17) is 4.74 Å². The number of aryl methyl sites for hydroxylation is 2. The summed E-state index contributed by atoms with van der Waals surface area (Å²) in [5.41, 5.74) is 4.65. The van der Waals surface area contributed by atoms with Gasteiger partial charge in [0.15, 0.2) is 5.65 Å². The minimum atomic E-state index is -0.175. The number of imidazole rings is 1. The predicted octanol–water partition coefficient (Wildman–Crippen LogP) is 2.20. The van der Waals surface area contributed by atoms with E-state index in [2.05, 4.69) is 34.0 Å². The van der Waals surface area contributed by atoms with Gasteiger partial charge in [0.05, 0.1) is 19.0 Å². The zero-order valence-corrected chi connectivity index (χ0v) is 13.3. The molecule has 0 radical (unpaired) electrons. The maximum Gasteiger partial charge on any atom is 0.163 e. The number of hydrogen-bond acceptors (Lipinski definition) is 5. The van der Waals surface area contributed by atoms with Crippen LogP contribution >= 0.6 is 0 Å². The van der Waals surface area contributed by atoms with Crippen molar-refractivity contribution in [3.8, 4) is 11.3 Å². The van der Waals surface area contributed by atoms with Crippen molar-refractivity contribution >= 4 is 11.2 Å². The standard InChI is InChI=1S/C17H20N4O2/c1-12-3-5-13(6-4-12)15-16-17(19-10-18-15)21(11-20-16)8-7-14(9-22)23-2/h3-6,10-11,14,22H,7-9H2,1-2H3. The van der Waals surface area contributed by atoms with Gasteiger partial charge in [0, 0.05) is 19.2 Å². The molecule has 0 bridgehead atoms. The van der Waals surface area contributed by atoms with Crippen molar-refractivity contribution in [2.24, 2.45) is 0 Å². The van der Waals surface area contributed by atoms with E-state index in [-0.39, 0.29) is 12.7 Å². The molecule has 0 aliphatic carbocycles. The second kappa shape index (κ2) is 6.85. The number of rotatable bonds is 6. The Morgan fingerprint density at radius 1 is 1.17 bits per heavy atom. The Morgan fingerprint density at radius 3 is 2.65 bits per heavy atom. The quantitative estimate of drug-likeness (QED) is 0.755. The number of fused-ring (bicyclic) bond motifs is 1. The van der Waals surface area contributed by atoms with Crippen molar-refractivity contribution in [2.45, 2.75) is 26.0 Å². The second-order valence-electron chi connectivity index (χ2n) is 5.53. The van der Waals surface area contributed by atoms with Gasteiger partial charge in [0.25, 0.3) is 0 Å². The number of nitrogens with zero attached hydrogens (tertiary/aromatic N) is 4. The van der Waals surface area contributed by atoms with Gasteiger partial charge in [-0.1, -0.05) is 29.8 Å². The van der Waals surface area contributed by atoms with E-state index in [0.29, 0.717) is 13.0 Å². The minimum Gasteiger partial charge on any atom is -0.394 e. The van der Waals surface area contributed by atoms with Crippen LogP contribution in [-0.4, -0.2) is 44.4 Å². The molecule has 0 saturated carbocycles. The van der Waals surface area contributed by atoms with Gasteiger partial charge in [-0.2, -0.15) is 0 Å². The minimum absolute atomic E-state index is 0.00668. The molecule has 1 unspecified atom stereocenters. The van der Waals surface area contributed by atoms with Crippen LogP contribution in [0.5, 0.6) is 0 Å². The number of aromatic nitrogens is 4. The van der Waals surface area contributed by atoms with E-state index in [9.17, 15) is 5.11 Å². The Hall–Kier alpha value is -2.31. The van der Waals surface area contributed by atoms with Gasteiger partial charge in [-0.15, -0.1) is 0 Å². The van der Waals surface area contributed by atoms with Gasteiger partial charge in [-0.05, 0) is 13.3 Å². The maximum atomic E-state index is 9.21. The molecular formula is C17H20N4O2. The zero-order valence-electron chi connectivity index (χ0n) is 13.3. The van der Waals surface area contributed by atoms with Crippen LogP contribution in [0.4, 0.5) is 0 Å². The molecule has 0 aliphatic rings. The summed E-state index contributed by atoms with van der Waals surface area (Å²) < 4.78 is 7.17. The van der Waals surface area contributed by atoms with E-state index in [1.54, 1.807) is 19.8 Å². The van der Waals surface area contributed by atoms with E-state index < -0.39 is 0 Å². The topological polar surface area (TPSA) is 73.1 Å². The Labute approximate surface area is 134 Å². The number of methoxy groups -OCH3 is 1. The molecule has 6 heteroatoms. The normalized spacial score (nSPS) is 12.7. The van der Waals surface area contributed by atoms with Crippen molar-refractivity contribution in [1.82, 2.24) is 19.5 Å². The Balaban J connectivity index is 1.92. The van der Waals surface area contributed by atoms with Gasteiger partial charge in [-0.25, -0.2) is 15.0 Å². The summed E-state index contributed by atoms with van der Waals surface area (Å²) in [5.74, 6) is 0. The third kappa shape index (κ3) is 3.23. The van der Waals surface area contributed by atoms with E-state index in [0.717, 1.165) is 22.4 Å². The van der Waals surface area contributed by atoms with Crippen molar-refractivity contribution in [3.63, 3.8) is 0 Å². The van der Waals surface area contributed by atoms with Crippen LogP contribution in [0.2, 0.25) is 0 Å². The van der Waals surface area contributed by atoms with Crippen LogP contribution in [0.25, 0.3) is 22.4 Å². The van der Waals surface area contributed by atoms with Crippen molar-refractivity contribution in [2.75, 3.05) is 13.7 Å². The lowest BCUT2D eigenvalue weighted by atomic mass is 10.1. The van der Waals surface area contributed by atoms with E-state index in [1.807, 2.05) is 16.7 Å². The number of aliphatic hydroxyl groups excluding tert-OH is 1. The van der Waals surface area contributed by atoms with Crippen LogP contribution in [0.3, 0.4) is 0 Å².